The maximum absolute atomic E-state index is 12.3. The van der Waals surface area contributed by atoms with Gasteiger partial charge >= 0.3 is 0 Å². The number of carbonyl (C=O) groups excluding carboxylic acids is 1. The molecule has 0 aromatic heterocycles. The van der Waals surface area contributed by atoms with Crippen LogP contribution in [0.4, 0.5) is 0 Å². The van der Waals surface area contributed by atoms with Gasteiger partial charge in [0.25, 0.3) is 0 Å². The van der Waals surface area contributed by atoms with Gasteiger partial charge in [0, 0.05) is 29.8 Å². The highest BCUT2D eigenvalue weighted by molar-refractivity contribution is 6.30. The molecule has 0 radical (unpaired) electrons. The molecular formula is C18H23ClO2. The van der Waals surface area contributed by atoms with Gasteiger partial charge in [-0.25, -0.2) is 0 Å². The lowest BCUT2D eigenvalue weighted by Crippen LogP contribution is -2.10. The Labute approximate surface area is 131 Å². The van der Waals surface area contributed by atoms with Crippen molar-refractivity contribution in [2.45, 2.75) is 57.8 Å². The smallest absolute Gasteiger partial charge is 0.137 e. The van der Waals surface area contributed by atoms with Gasteiger partial charge in [-0.3, -0.25) is 4.79 Å². The maximum atomic E-state index is 12.3. The van der Waals surface area contributed by atoms with Crippen LogP contribution in [0.1, 0.15) is 56.1 Å². The van der Waals surface area contributed by atoms with Gasteiger partial charge in [-0.15, -0.1) is 0 Å². The molecule has 3 heteroatoms. The van der Waals surface area contributed by atoms with E-state index < -0.39 is 0 Å². The normalized spacial score (nSPS) is 18.3. The van der Waals surface area contributed by atoms with Gasteiger partial charge in [0.05, 0.1) is 6.61 Å². The van der Waals surface area contributed by atoms with Crippen LogP contribution < -0.4 is 4.74 Å². The van der Waals surface area contributed by atoms with E-state index in [-0.39, 0.29) is 0 Å². The Hall–Kier alpha value is -1.02. The lowest BCUT2D eigenvalue weighted by Gasteiger charge is -2.21. The summed E-state index contributed by atoms with van der Waals surface area (Å²) in [6.07, 6.45) is 9.80. The van der Waals surface area contributed by atoms with Crippen LogP contribution in [0.5, 0.6) is 5.75 Å². The highest BCUT2D eigenvalue weighted by Crippen LogP contribution is 2.34. The van der Waals surface area contributed by atoms with Crippen LogP contribution in [-0.2, 0) is 17.6 Å². The van der Waals surface area contributed by atoms with E-state index in [0.717, 1.165) is 35.6 Å². The van der Waals surface area contributed by atoms with E-state index in [1.165, 1.54) is 32.1 Å². The number of rotatable bonds is 5. The number of halogens is 1. The van der Waals surface area contributed by atoms with Crippen molar-refractivity contribution in [3.05, 3.63) is 28.3 Å². The number of benzene rings is 1. The van der Waals surface area contributed by atoms with Gasteiger partial charge in [-0.1, -0.05) is 43.7 Å². The minimum atomic E-state index is 0.320. The zero-order valence-electron chi connectivity index (χ0n) is 12.5. The third kappa shape index (κ3) is 3.79. The molecule has 0 saturated heterocycles. The first-order valence-corrected chi connectivity index (χ1v) is 8.56. The van der Waals surface area contributed by atoms with Crippen molar-refractivity contribution in [1.29, 1.82) is 0 Å². The molecule has 2 aliphatic rings. The van der Waals surface area contributed by atoms with Crippen LogP contribution in [0.2, 0.25) is 5.02 Å². The lowest BCUT2D eigenvalue weighted by molar-refractivity contribution is -0.118. The third-order valence-corrected chi connectivity index (χ3v) is 4.99. The summed E-state index contributed by atoms with van der Waals surface area (Å²) < 4.78 is 5.67. The van der Waals surface area contributed by atoms with E-state index in [9.17, 15) is 4.79 Å². The van der Waals surface area contributed by atoms with Crippen molar-refractivity contribution in [3.63, 3.8) is 0 Å². The molecule has 1 aromatic carbocycles. The van der Waals surface area contributed by atoms with Gasteiger partial charge in [0.2, 0.25) is 0 Å². The number of fused-ring (bicyclic) bond motifs is 1. The standard InChI is InChI=1S/C18H23ClO2/c19-16-10-14-8-9-21-18(14)15(11-16)12-17(20)7-6-13-4-2-1-3-5-13/h10-11,13H,1-9,12H2. The molecule has 3 rings (SSSR count). The molecular weight excluding hydrogens is 284 g/mol. The molecule has 0 amide bonds. The molecule has 1 aromatic rings. The fourth-order valence-corrected chi connectivity index (χ4v) is 3.88. The molecule has 21 heavy (non-hydrogen) atoms. The topological polar surface area (TPSA) is 26.3 Å². The fourth-order valence-electron chi connectivity index (χ4n) is 3.62. The summed E-state index contributed by atoms with van der Waals surface area (Å²) in [7, 11) is 0. The first-order chi connectivity index (χ1) is 10.2. The highest BCUT2D eigenvalue weighted by atomic mass is 35.5. The van der Waals surface area contributed by atoms with E-state index >= 15 is 0 Å². The summed E-state index contributed by atoms with van der Waals surface area (Å²) in [6, 6.07) is 3.85. The molecule has 1 aliphatic heterocycles. The minimum Gasteiger partial charge on any atom is -0.493 e. The molecule has 1 saturated carbocycles. The largest absolute Gasteiger partial charge is 0.493 e. The maximum Gasteiger partial charge on any atom is 0.137 e. The molecule has 0 N–H and O–H groups in total. The Bertz CT molecular complexity index is 518. The van der Waals surface area contributed by atoms with Crippen molar-refractivity contribution in [2.75, 3.05) is 6.61 Å². The molecule has 0 spiro atoms. The van der Waals surface area contributed by atoms with E-state index in [0.29, 0.717) is 30.3 Å². The Balaban J connectivity index is 1.57. The molecule has 0 unspecified atom stereocenters. The second kappa shape index (κ2) is 6.83. The average molecular weight is 307 g/mol. The quantitative estimate of drug-likeness (QED) is 0.785. The van der Waals surface area contributed by atoms with Crippen LogP contribution in [0.3, 0.4) is 0 Å². The molecule has 1 heterocycles. The molecule has 0 atom stereocenters. The van der Waals surface area contributed by atoms with Crippen LogP contribution >= 0.6 is 11.6 Å². The molecule has 114 valence electrons. The molecule has 1 fully saturated rings. The summed E-state index contributed by atoms with van der Waals surface area (Å²) in [6.45, 7) is 0.707. The van der Waals surface area contributed by atoms with E-state index in [2.05, 4.69) is 0 Å². The summed E-state index contributed by atoms with van der Waals surface area (Å²) in [5.74, 6) is 2.00. The van der Waals surface area contributed by atoms with Crippen molar-refractivity contribution < 1.29 is 9.53 Å². The van der Waals surface area contributed by atoms with Gasteiger partial charge in [0.15, 0.2) is 0 Å². The van der Waals surface area contributed by atoms with Crippen molar-refractivity contribution in [2.24, 2.45) is 5.92 Å². The third-order valence-electron chi connectivity index (χ3n) is 4.77. The van der Waals surface area contributed by atoms with Crippen LogP contribution in [0.15, 0.2) is 12.1 Å². The Morgan fingerprint density at radius 1 is 1.24 bits per heavy atom. The van der Waals surface area contributed by atoms with Crippen molar-refractivity contribution in [1.82, 2.24) is 0 Å². The van der Waals surface area contributed by atoms with E-state index in [4.69, 9.17) is 16.3 Å². The molecule has 2 nitrogen and oxygen atoms in total. The van der Waals surface area contributed by atoms with Crippen LogP contribution in [-0.4, -0.2) is 12.4 Å². The molecule has 1 aliphatic carbocycles. The summed E-state index contributed by atoms with van der Waals surface area (Å²) in [5.41, 5.74) is 2.13. The minimum absolute atomic E-state index is 0.320. The Morgan fingerprint density at radius 3 is 2.86 bits per heavy atom. The predicted molar refractivity (Wildman–Crippen MR) is 85.2 cm³/mol. The lowest BCUT2D eigenvalue weighted by atomic mass is 9.85. The Morgan fingerprint density at radius 2 is 2.05 bits per heavy atom. The van der Waals surface area contributed by atoms with Crippen LogP contribution in [0, 0.1) is 5.92 Å². The van der Waals surface area contributed by atoms with E-state index in [1.54, 1.807) is 0 Å². The first-order valence-electron chi connectivity index (χ1n) is 8.18. The van der Waals surface area contributed by atoms with Crippen molar-refractivity contribution in [3.8, 4) is 5.75 Å². The summed E-state index contributed by atoms with van der Waals surface area (Å²) >= 11 is 6.14. The van der Waals surface area contributed by atoms with E-state index in [1.807, 2.05) is 12.1 Å². The highest BCUT2D eigenvalue weighted by Gasteiger charge is 2.20. The Kier molecular flexibility index (Phi) is 4.84. The average Bonchev–Trinajstić information content (AvgIpc) is 2.94. The number of hydrogen-bond acceptors (Lipinski definition) is 2. The van der Waals surface area contributed by atoms with Gasteiger partial charge in [0.1, 0.15) is 11.5 Å². The van der Waals surface area contributed by atoms with Crippen molar-refractivity contribution >= 4 is 17.4 Å². The predicted octanol–water partition coefficient (Wildman–Crippen LogP) is 4.75. The number of Topliss-reactive ketones (excluding diaryl/α,β-unsaturated/α-hetero) is 1. The zero-order valence-corrected chi connectivity index (χ0v) is 13.3. The number of ether oxygens (including phenoxy) is 1. The monoisotopic (exact) mass is 306 g/mol. The second-order valence-electron chi connectivity index (χ2n) is 6.41. The first kappa shape index (κ1) is 14.9. The summed E-state index contributed by atoms with van der Waals surface area (Å²) in [5, 5.41) is 0.717. The SMILES string of the molecule is O=C(CCC1CCCCC1)Cc1cc(Cl)cc2c1OCC2. The fraction of sp³-hybridized carbons (Fsp3) is 0.611. The number of hydrogen-bond donors (Lipinski definition) is 0. The number of ketones is 1. The number of carbonyl (C=O) groups is 1. The van der Waals surface area contributed by atoms with Gasteiger partial charge in [-0.2, -0.15) is 0 Å². The zero-order chi connectivity index (χ0) is 14.7. The van der Waals surface area contributed by atoms with Gasteiger partial charge < -0.3 is 4.74 Å². The van der Waals surface area contributed by atoms with Gasteiger partial charge in [-0.05, 0) is 30.0 Å². The second-order valence-corrected chi connectivity index (χ2v) is 6.85. The molecule has 0 bridgehead atoms. The van der Waals surface area contributed by atoms with Crippen LogP contribution in [0.25, 0.3) is 0 Å². The summed E-state index contributed by atoms with van der Waals surface area (Å²) in [4.78, 5) is 12.3.